The lowest BCUT2D eigenvalue weighted by molar-refractivity contribution is -0.127. The monoisotopic (exact) mass is 537 g/mol. The summed E-state index contributed by atoms with van der Waals surface area (Å²) in [7, 11) is -1.90. The number of anilines is 1. The Labute approximate surface area is 219 Å². The summed E-state index contributed by atoms with van der Waals surface area (Å²) in [6.45, 7) is 9.55. The lowest BCUT2D eigenvalue weighted by Gasteiger charge is -2.20. The highest BCUT2D eigenvalue weighted by Gasteiger charge is 2.19. The first kappa shape index (κ1) is 30.4. The SMILES string of the molecule is CC(C)CCS(=O)(=O)N(C)c1ccc(C(=O)NCc2cn(CCOCCOCC(=O)C(C)C)nn2)cc1. The van der Waals surface area contributed by atoms with Crippen LogP contribution < -0.4 is 9.62 Å². The number of hydrogen-bond donors (Lipinski definition) is 1. The maximum atomic E-state index is 12.5. The second kappa shape index (κ2) is 14.8. The molecule has 206 valence electrons. The second-order valence-electron chi connectivity index (χ2n) is 9.45. The van der Waals surface area contributed by atoms with E-state index in [2.05, 4.69) is 15.6 Å². The van der Waals surface area contributed by atoms with Crippen molar-refractivity contribution in [3.63, 3.8) is 0 Å². The fourth-order valence-corrected chi connectivity index (χ4v) is 4.51. The number of nitrogens with zero attached hydrogens (tertiary/aromatic N) is 4. The third kappa shape index (κ3) is 10.6. The van der Waals surface area contributed by atoms with Gasteiger partial charge in [-0.3, -0.25) is 13.9 Å². The van der Waals surface area contributed by atoms with Crippen molar-refractivity contribution in [2.45, 2.75) is 47.2 Å². The first-order valence-electron chi connectivity index (χ1n) is 12.4. The Bertz CT molecular complexity index is 1100. The first-order valence-corrected chi connectivity index (χ1v) is 14.0. The lowest BCUT2D eigenvalue weighted by atomic mass is 10.1. The molecule has 0 aliphatic rings. The fourth-order valence-electron chi connectivity index (χ4n) is 3.02. The van der Waals surface area contributed by atoms with E-state index in [1.54, 1.807) is 35.1 Å². The Morgan fingerprint density at radius 2 is 1.73 bits per heavy atom. The number of nitrogens with one attached hydrogen (secondary N) is 1. The molecular formula is C25H39N5O6S. The van der Waals surface area contributed by atoms with Crippen LogP contribution in [0.5, 0.6) is 0 Å². The summed E-state index contributed by atoms with van der Waals surface area (Å²) in [5.74, 6) is 0.0962. The maximum absolute atomic E-state index is 12.5. The van der Waals surface area contributed by atoms with Crippen molar-refractivity contribution in [3.05, 3.63) is 41.7 Å². The Kier molecular flexibility index (Phi) is 12.2. The van der Waals surface area contributed by atoms with Crippen molar-refractivity contribution >= 4 is 27.4 Å². The summed E-state index contributed by atoms with van der Waals surface area (Å²) >= 11 is 0. The quantitative estimate of drug-likeness (QED) is 0.304. The topological polar surface area (TPSA) is 133 Å². The summed E-state index contributed by atoms with van der Waals surface area (Å²) in [4.78, 5) is 24.0. The molecule has 0 unspecified atom stereocenters. The number of aromatic nitrogens is 3. The number of amides is 1. The molecule has 1 N–H and O–H groups in total. The highest BCUT2D eigenvalue weighted by atomic mass is 32.2. The Hall–Kier alpha value is -2.83. The molecule has 11 nitrogen and oxygen atoms in total. The summed E-state index contributed by atoms with van der Waals surface area (Å²) < 4.78 is 38.6. The highest BCUT2D eigenvalue weighted by Crippen LogP contribution is 2.19. The van der Waals surface area contributed by atoms with Gasteiger partial charge in [0.15, 0.2) is 5.78 Å². The van der Waals surface area contributed by atoms with Crippen molar-refractivity contribution < 1.29 is 27.5 Å². The predicted octanol–water partition coefficient (Wildman–Crippen LogP) is 2.28. The summed E-state index contributed by atoms with van der Waals surface area (Å²) in [6, 6.07) is 6.42. The number of sulfonamides is 1. The van der Waals surface area contributed by atoms with Crippen LogP contribution in [0.4, 0.5) is 5.69 Å². The van der Waals surface area contributed by atoms with E-state index in [4.69, 9.17) is 9.47 Å². The van der Waals surface area contributed by atoms with Gasteiger partial charge in [0.2, 0.25) is 10.0 Å². The van der Waals surface area contributed by atoms with Crippen LogP contribution in [0, 0.1) is 11.8 Å². The van der Waals surface area contributed by atoms with E-state index in [-0.39, 0.29) is 36.5 Å². The molecule has 0 aliphatic heterocycles. The van der Waals surface area contributed by atoms with Gasteiger partial charge in [-0.15, -0.1) is 5.10 Å². The van der Waals surface area contributed by atoms with Crippen LogP contribution in [0.2, 0.25) is 0 Å². The largest absolute Gasteiger partial charge is 0.377 e. The lowest BCUT2D eigenvalue weighted by Crippen LogP contribution is -2.29. The molecule has 1 heterocycles. The van der Waals surface area contributed by atoms with Gasteiger partial charge in [-0.25, -0.2) is 13.1 Å². The summed E-state index contributed by atoms with van der Waals surface area (Å²) in [5.41, 5.74) is 1.51. The predicted molar refractivity (Wildman–Crippen MR) is 141 cm³/mol. The number of Topliss-reactive ketones (excluding diaryl/α,β-unsaturated/α-hetero) is 1. The number of carbonyl (C=O) groups is 2. The Morgan fingerprint density at radius 3 is 2.38 bits per heavy atom. The molecule has 0 fully saturated rings. The van der Waals surface area contributed by atoms with Crippen molar-refractivity contribution in [1.29, 1.82) is 0 Å². The van der Waals surface area contributed by atoms with Gasteiger partial charge >= 0.3 is 0 Å². The average Bonchev–Trinajstić information content (AvgIpc) is 3.32. The molecule has 0 saturated carbocycles. The smallest absolute Gasteiger partial charge is 0.251 e. The Balaban J connectivity index is 1.72. The third-order valence-electron chi connectivity index (χ3n) is 5.60. The molecular weight excluding hydrogens is 498 g/mol. The molecule has 0 bridgehead atoms. The van der Waals surface area contributed by atoms with E-state index in [0.29, 0.717) is 55.6 Å². The summed E-state index contributed by atoms with van der Waals surface area (Å²) in [5, 5.41) is 10.9. The number of ketones is 1. The molecule has 0 spiro atoms. The molecule has 1 aromatic heterocycles. The van der Waals surface area contributed by atoms with E-state index in [9.17, 15) is 18.0 Å². The molecule has 0 radical (unpaired) electrons. The van der Waals surface area contributed by atoms with Gasteiger partial charge in [-0.2, -0.15) is 0 Å². The number of carbonyl (C=O) groups excluding carboxylic acids is 2. The molecule has 0 saturated heterocycles. The molecule has 0 atom stereocenters. The number of ether oxygens (including phenoxy) is 2. The second-order valence-corrected chi connectivity index (χ2v) is 11.6. The van der Waals surface area contributed by atoms with Crippen molar-refractivity contribution in [2.75, 3.05) is 43.5 Å². The van der Waals surface area contributed by atoms with Gasteiger partial charge in [0.25, 0.3) is 5.91 Å². The molecule has 12 heteroatoms. The maximum Gasteiger partial charge on any atom is 0.251 e. The minimum Gasteiger partial charge on any atom is -0.377 e. The average molecular weight is 538 g/mol. The highest BCUT2D eigenvalue weighted by molar-refractivity contribution is 7.92. The fraction of sp³-hybridized carbons (Fsp3) is 0.600. The molecule has 1 aromatic carbocycles. The van der Waals surface area contributed by atoms with Crippen molar-refractivity contribution in [2.24, 2.45) is 11.8 Å². The van der Waals surface area contributed by atoms with Crippen LogP contribution in [0.15, 0.2) is 30.5 Å². The van der Waals surface area contributed by atoms with E-state index in [1.165, 1.54) is 11.4 Å². The molecule has 2 rings (SSSR count). The van der Waals surface area contributed by atoms with Crippen LogP contribution in [-0.4, -0.2) is 74.3 Å². The van der Waals surface area contributed by atoms with Crippen LogP contribution >= 0.6 is 0 Å². The first-order chi connectivity index (χ1) is 17.5. The zero-order valence-corrected chi connectivity index (χ0v) is 23.2. The van der Waals surface area contributed by atoms with E-state index >= 15 is 0 Å². The third-order valence-corrected chi connectivity index (χ3v) is 7.40. The number of rotatable bonds is 17. The van der Waals surface area contributed by atoms with Crippen molar-refractivity contribution in [3.8, 4) is 0 Å². The standard InChI is InChI=1S/C25H39N5O6S/c1-19(2)10-15-37(33,34)29(5)23-8-6-21(7-9-23)25(32)26-16-22-17-30(28-27-22)11-12-35-13-14-36-18-24(31)20(3)4/h6-9,17,19-20H,10-16,18H2,1-5H3,(H,26,32). The van der Waals surface area contributed by atoms with E-state index in [1.807, 2.05) is 27.7 Å². The number of hydrogen-bond acceptors (Lipinski definition) is 8. The van der Waals surface area contributed by atoms with Crippen LogP contribution in [-0.2, 0) is 37.4 Å². The van der Waals surface area contributed by atoms with Gasteiger partial charge < -0.3 is 14.8 Å². The normalized spacial score (nSPS) is 11.8. The van der Waals surface area contributed by atoms with Gasteiger partial charge in [0.1, 0.15) is 12.3 Å². The van der Waals surface area contributed by atoms with E-state index < -0.39 is 10.0 Å². The van der Waals surface area contributed by atoms with E-state index in [0.717, 1.165) is 0 Å². The van der Waals surface area contributed by atoms with Crippen molar-refractivity contribution in [1.82, 2.24) is 20.3 Å². The zero-order valence-electron chi connectivity index (χ0n) is 22.3. The van der Waals surface area contributed by atoms with Gasteiger partial charge in [0, 0.05) is 18.5 Å². The van der Waals surface area contributed by atoms with Gasteiger partial charge in [-0.05, 0) is 36.6 Å². The molecule has 1 amide bonds. The zero-order chi connectivity index (χ0) is 27.4. The van der Waals surface area contributed by atoms with Crippen LogP contribution in [0.3, 0.4) is 0 Å². The van der Waals surface area contributed by atoms with Gasteiger partial charge in [0.05, 0.1) is 50.5 Å². The minimum atomic E-state index is -3.42. The minimum absolute atomic E-state index is 0.0369. The Morgan fingerprint density at radius 1 is 1.05 bits per heavy atom. The molecule has 2 aromatic rings. The molecule has 0 aliphatic carbocycles. The molecule has 37 heavy (non-hydrogen) atoms. The van der Waals surface area contributed by atoms with Gasteiger partial charge in [-0.1, -0.05) is 32.9 Å². The summed E-state index contributed by atoms with van der Waals surface area (Å²) in [6.07, 6.45) is 2.31. The number of benzene rings is 1. The van der Waals surface area contributed by atoms with Crippen LogP contribution in [0.1, 0.15) is 50.2 Å². The van der Waals surface area contributed by atoms with Crippen LogP contribution in [0.25, 0.3) is 0 Å².